The van der Waals surface area contributed by atoms with Gasteiger partial charge in [-0.25, -0.2) is 0 Å². The molecule has 0 aromatic heterocycles. The lowest BCUT2D eigenvalue weighted by molar-refractivity contribution is 0.136. The smallest absolute Gasteiger partial charge is 0.423 e. The highest BCUT2D eigenvalue weighted by Crippen LogP contribution is 1.84. The Hall–Kier alpha value is -0.955. The lowest BCUT2D eigenvalue weighted by Gasteiger charge is -2.17. The highest BCUT2D eigenvalue weighted by molar-refractivity contribution is 6.58. The summed E-state index contributed by atoms with van der Waals surface area (Å²) in [5, 5.41) is 42.6. The van der Waals surface area contributed by atoms with Gasteiger partial charge in [-0.2, -0.15) is 0 Å². The van der Waals surface area contributed by atoms with Crippen molar-refractivity contribution in [3.8, 4) is 0 Å². The molecule has 0 saturated heterocycles. The number of rotatable bonds is 7. The summed E-state index contributed by atoms with van der Waals surface area (Å²) in [5.41, 5.74) is 0.525. The normalized spacial score (nSPS) is 10.0. The first kappa shape index (κ1) is 18.0. The summed E-state index contributed by atoms with van der Waals surface area (Å²) < 4.78 is 0. The predicted molar refractivity (Wildman–Crippen MR) is 74.0 cm³/mol. The zero-order valence-electron chi connectivity index (χ0n) is 10.9. The van der Waals surface area contributed by atoms with Crippen LogP contribution in [-0.4, -0.2) is 76.8 Å². The zero-order valence-corrected chi connectivity index (χ0v) is 10.9. The second-order valence-corrected chi connectivity index (χ2v) is 3.80. The van der Waals surface area contributed by atoms with Crippen molar-refractivity contribution in [2.75, 3.05) is 39.5 Å². The van der Waals surface area contributed by atoms with Crippen LogP contribution in [0.2, 0.25) is 0 Å². The van der Waals surface area contributed by atoms with E-state index in [4.69, 9.17) is 25.4 Å². The molecule has 0 aliphatic carbocycles. The average molecular weight is 271 g/mol. The quantitative estimate of drug-likeness (QED) is 0.355. The van der Waals surface area contributed by atoms with Crippen molar-refractivity contribution < 1.29 is 25.4 Å². The molecule has 6 nitrogen and oxygen atoms in total. The highest BCUT2D eigenvalue weighted by atomic mass is 16.4. The fraction of sp³-hybridized carbons (Fsp3) is 0.500. The van der Waals surface area contributed by atoms with Crippen LogP contribution in [0.1, 0.15) is 0 Å². The maximum Gasteiger partial charge on any atom is 0.488 e. The second-order valence-electron chi connectivity index (χ2n) is 3.80. The van der Waals surface area contributed by atoms with E-state index in [1.54, 1.807) is 29.2 Å². The first-order valence-electron chi connectivity index (χ1n) is 6.11. The summed E-state index contributed by atoms with van der Waals surface area (Å²) in [7, 11) is -1.34. The fourth-order valence-electron chi connectivity index (χ4n) is 1.38. The number of hydrogen-bond donors (Lipinski definition) is 5. The van der Waals surface area contributed by atoms with Gasteiger partial charge in [-0.1, -0.05) is 30.3 Å². The van der Waals surface area contributed by atoms with Gasteiger partial charge in [-0.15, -0.1) is 0 Å². The third-order valence-corrected chi connectivity index (χ3v) is 2.35. The molecule has 1 aromatic carbocycles. The Bertz CT molecular complexity index is 285. The van der Waals surface area contributed by atoms with Gasteiger partial charge in [0.05, 0.1) is 19.8 Å². The molecule has 1 aromatic rings. The summed E-state index contributed by atoms with van der Waals surface area (Å²) in [6.45, 7) is 1.75. The minimum atomic E-state index is -1.34. The molecular weight excluding hydrogens is 249 g/mol. The first-order chi connectivity index (χ1) is 9.15. The second kappa shape index (κ2) is 12.1. The number of aliphatic hydroxyl groups is 3. The van der Waals surface area contributed by atoms with Crippen molar-refractivity contribution in [2.24, 2.45) is 0 Å². The minimum Gasteiger partial charge on any atom is -0.423 e. The summed E-state index contributed by atoms with van der Waals surface area (Å²) in [6, 6.07) is 8.66. The van der Waals surface area contributed by atoms with Crippen LogP contribution in [0.15, 0.2) is 30.3 Å². The van der Waals surface area contributed by atoms with E-state index in [0.717, 1.165) is 0 Å². The molecule has 0 amide bonds. The van der Waals surface area contributed by atoms with Gasteiger partial charge in [-0.05, 0) is 5.46 Å². The maximum atomic E-state index is 8.58. The standard InChI is InChI=1S/C6H7BO2.C6H15NO3/c8-7(9)6-4-2-1-3-5-6;8-4-1-7(2-5-9)3-6-10/h1-5,8-9H;8-10H,1-6H2. The Morgan fingerprint density at radius 3 is 1.47 bits per heavy atom. The van der Waals surface area contributed by atoms with E-state index in [0.29, 0.717) is 25.1 Å². The van der Waals surface area contributed by atoms with Crippen LogP contribution in [0, 0.1) is 0 Å². The lowest BCUT2D eigenvalue weighted by Crippen LogP contribution is -2.32. The number of nitrogens with zero attached hydrogens (tertiary/aromatic N) is 1. The summed E-state index contributed by atoms with van der Waals surface area (Å²) in [5.74, 6) is 0. The molecule has 0 radical (unpaired) electrons. The van der Waals surface area contributed by atoms with Gasteiger partial charge >= 0.3 is 7.12 Å². The average Bonchev–Trinajstić information content (AvgIpc) is 2.41. The van der Waals surface area contributed by atoms with Crippen molar-refractivity contribution in [2.45, 2.75) is 0 Å². The van der Waals surface area contributed by atoms with E-state index in [-0.39, 0.29) is 19.8 Å². The first-order valence-corrected chi connectivity index (χ1v) is 6.11. The Labute approximate surface area is 113 Å². The van der Waals surface area contributed by atoms with E-state index in [9.17, 15) is 0 Å². The summed E-state index contributed by atoms with van der Waals surface area (Å²) >= 11 is 0. The SMILES string of the molecule is OB(O)c1ccccc1.OCCN(CCO)CCO. The molecule has 0 saturated carbocycles. The Morgan fingerprint density at radius 2 is 1.21 bits per heavy atom. The molecular formula is C12H22BNO5. The Balaban J connectivity index is 0.000000342. The molecule has 7 heteroatoms. The monoisotopic (exact) mass is 271 g/mol. The van der Waals surface area contributed by atoms with Crippen LogP contribution in [0.3, 0.4) is 0 Å². The molecule has 0 spiro atoms. The molecule has 0 bridgehead atoms. The van der Waals surface area contributed by atoms with Crippen molar-refractivity contribution in [1.82, 2.24) is 4.90 Å². The topological polar surface area (TPSA) is 104 Å². The molecule has 0 aliphatic heterocycles. The van der Waals surface area contributed by atoms with Gasteiger partial charge in [0.25, 0.3) is 0 Å². The molecule has 1 rings (SSSR count). The number of aliphatic hydroxyl groups excluding tert-OH is 3. The molecule has 0 aliphatic rings. The largest absolute Gasteiger partial charge is 0.488 e. The molecule has 0 heterocycles. The van der Waals surface area contributed by atoms with Crippen LogP contribution in [-0.2, 0) is 0 Å². The fourth-order valence-corrected chi connectivity index (χ4v) is 1.38. The summed E-state index contributed by atoms with van der Waals surface area (Å²) in [6.07, 6.45) is 0. The van der Waals surface area contributed by atoms with Crippen molar-refractivity contribution >= 4 is 12.6 Å². The van der Waals surface area contributed by atoms with E-state index in [1.165, 1.54) is 0 Å². The third-order valence-electron chi connectivity index (χ3n) is 2.35. The molecule has 19 heavy (non-hydrogen) atoms. The molecule has 0 atom stereocenters. The Kier molecular flexibility index (Phi) is 11.5. The van der Waals surface area contributed by atoms with Gasteiger partial charge < -0.3 is 25.4 Å². The highest BCUT2D eigenvalue weighted by Gasteiger charge is 2.07. The molecule has 5 N–H and O–H groups in total. The predicted octanol–water partition coefficient (Wildman–Crippen LogP) is -2.37. The maximum absolute atomic E-state index is 8.58. The number of hydrogen-bond acceptors (Lipinski definition) is 6. The van der Waals surface area contributed by atoms with E-state index in [1.807, 2.05) is 6.07 Å². The Morgan fingerprint density at radius 1 is 0.789 bits per heavy atom. The van der Waals surface area contributed by atoms with Crippen LogP contribution < -0.4 is 5.46 Å². The van der Waals surface area contributed by atoms with E-state index >= 15 is 0 Å². The van der Waals surface area contributed by atoms with Crippen molar-refractivity contribution in [1.29, 1.82) is 0 Å². The zero-order chi connectivity index (χ0) is 14.5. The number of benzene rings is 1. The van der Waals surface area contributed by atoms with E-state index in [2.05, 4.69) is 0 Å². The van der Waals surface area contributed by atoms with Gasteiger partial charge in [0.1, 0.15) is 0 Å². The van der Waals surface area contributed by atoms with Crippen LogP contribution in [0.4, 0.5) is 0 Å². The molecule has 108 valence electrons. The lowest BCUT2D eigenvalue weighted by atomic mass is 9.81. The van der Waals surface area contributed by atoms with Crippen molar-refractivity contribution in [3.05, 3.63) is 30.3 Å². The molecule has 0 unspecified atom stereocenters. The minimum absolute atomic E-state index is 0.0694. The van der Waals surface area contributed by atoms with Crippen molar-refractivity contribution in [3.63, 3.8) is 0 Å². The summed E-state index contributed by atoms with van der Waals surface area (Å²) in [4.78, 5) is 1.79. The van der Waals surface area contributed by atoms with Gasteiger partial charge in [-0.3, -0.25) is 4.90 Å². The molecule has 0 fully saturated rings. The van der Waals surface area contributed by atoms with Crippen LogP contribution >= 0.6 is 0 Å². The van der Waals surface area contributed by atoms with Gasteiger partial charge in [0.2, 0.25) is 0 Å². The van der Waals surface area contributed by atoms with E-state index < -0.39 is 7.12 Å². The van der Waals surface area contributed by atoms with Gasteiger partial charge in [0, 0.05) is 19.6 Å². The third kappa shape index (κ3) is 9.60. The van der Waals surface area contributed by atoms with Gasteiger partial charge in [0.15, 0.2) is 0 Å². The van der Waals surface area contributed by atoms with Crippen LogP contribution in [0.25, 0.3) is 0 Å². The van der Waals surface area contributed by atoms with Crippen LogP contribution in [0.5, 0.6) is 0 Å².